The molecule has 0 atom stereocenters. The molecule has 1 saturated heterocycles. The molecule has 2 aliphatic heterocycles. The molecule has 0 radical (unpaired) electrons. The molecule has 7 nitrogen and oxygen atoms in total. The molecule has 0 bridgehead atoms. The smallest absolute Gasteiger partial charge is 0.418 e. The average Bonchev–Trinajstić information content (AvgIpc) is 2.82. The number of nitrogens with zero attached hydrogens (tertiary/aromatic N) is 5. The maximum atomic E-state index is 13.5. The lowest BCUT2D eigenvalue weighted by Crippen LogP contribution is -2.49. The highest BCUT2D eigenvalue weighted by atomic mass is 19.4. The van der Waals surface area contributed by atoms with Crippen LogP contribution < -0.4 is 14.5 Å². The molecule has 32 heavy (non-hydrogen) atoms. The summed E-state index contributed by atoms with van der Waals surface area (Å²) in [6.45, 7) is 6.43. The zero-order valence-electron chi connectivity index (χ0n) is 17.7. The topological polar surface area (TPSA) is 61.8 Å². The van der Waals surface area contributed by atoms with Crippen molar-refractivity contribution in [1.82, 2.24) is 14.9 Å². The Balaban J connectivity index is 1.62. The van der Waals surface area contributed by atoms with Crippen LogP contribution in [0.5, 0.6) is 6.01 Å². The SMILES string of the molecule is C=CC(=O)N1CCN(c2nc(OC)nc3c2CCN(c2ccccc2C(F)(F)F)C3)CC1. The third kappa shape index (κ3) is 4.21. The minimum atomic E-state index is -4.44. The van der Waals surface area contributed by atoms with Gasteiger partial charge >= 0.3 is 12.2 Å². The fourth-order valence-electron chi connectivity index (χ4n) is 4.20. The molecular formula is C22H24F3N5O2. The molecule has 0 spiro atoms. The van der Waals surface area contributed by atoms with Gasteiger partial charge in [0.25, 0.3) is 0 Å². The normalized spacial score (nSPS) is 16.6. The Bertz CT molecular complexity index is 1020. The summed E-state index contributed by atoms with van der Waals surface area (Å²) in [5, 5.41) is 0. The maximum Gasteiger partial charge on any atom is 0.418 e. The van der Waals surface area contributed by atoms with E-state index in [0.717, 1.165) is 17.4 Å². The van der Waals surface area contributed by atoms with Gasteiger partial charge in [-0.3, -0.25) is 4.79 Å². The van der Waals surface area contributed by atoms with Crippen LogP contribution in [0.4, 0.5) is 24.7 Å². The number of benzene rings is 1. The van der Waals surface area contributed by atoms with Gasteiger partial charge in [0.2, 0.25) is 5.91 Å². The van der Waals surface area contributed by atoms with Crippen molar-refractivity contribution in [2.45, 2.75) is 19.1 Å². The monoisotopic (exact) mass is 447 g/mol. The first-order chi connectivity index (χ1) is 15.3. The van der Waals surface area contributed by atoms with Crippen LogP contribution in [0.1, 0.15) is 16.8 Å². The zero-order chi connectivity index (χ0) is 22.9. The molecule has 1 aromatic heterocycles. The highest BCUT2D eigenvalue weighted by Crippen LogP contribution is 2.39. The number of aromatic nitrogens is 2. The maximum absolute atomic E-state index is 13.5. The molecule has 2 aliphatic rings. The molecule has 1 amide bonds. The lowest BCUT2D eigenvalue weighted by Gasteiger charge is -2.38. The van der Waals surface area contributed by atoms with Gasteiger partial charge in [-0.2, -0.15) is 23.1 Å². The third-order valence-electron chi connectivity index (χ3n) is 5.82. The van der Waals surface area contributed by atoms with Crippen molar-refractivity contribution >= 4 is 17.4 Å². The summed E-state index contributed by atoms with van der Waals surface area (Å²) in [7, 11) is 1.46. The number of para-hydroxylation sites is 1. The molecular weight excluding hydrogens is 423 g/mol. The van der Waals surface area contributed by atoms with Crippen LogP contribution in [-0.2, 0) is 23.9 Å². The zero-order valence-corrected chi connectivity index (χ0v) is 17.7. The van der Waals surface area contributed by atoms with Gasteiger partial charge in [0.05, 0.1) is 24.9 Å². The first kappa shape index (κ1) is 21.9. The molecule has 0 unspecified atom stereocenters. The fraction of sp³-hybridized carbons (Fsp3) is 0.409. The number of carbonyl (C=O) groups is 1. The number of halogens is 3. The number of rotatable bonds is 4. The molecule has 0 aliphatic carbocycles. The molecule has 170 valence electrons. The molecule has 4 rings (SSSR count). The lowest BCUT2D eigenvalue weighted by molar-refractivity contribution is -0.137. The molecule has 10 heteroatoms. The van der Waals surface area contributed by atoms with E-state index >= 15 is 0 Å². The van der Waals surface area contributed by atoms with E-state index in [4.69, 9.17) is 4.74 Å². The largest absolute Gasteiger partial charge is 0.467 e. The lowest BCUT2D eigenvalue weighted by atomic mass is 10.0. The second kappa shape index (κ2) is 8.68. The number of alkyl halides is 3. The number of fused-ring (bicyclic) bond motifs is 1. The first-order valence-corrected chi connectivity index (χ1v) is 10.3. The molecule has 1 fully saturated rings. The number of hydrogen-bond donors (Lipinski definition) is 0. The van der Waals surface area contributed by atoms with Crippen molar-refractivity contribution in [3.05, 3.63) is 53.7 Å². The van der Waals surface area contributed by atoms with Crippen LogP contribution in [0.15, 0.2) is 36.9 Å². The Labute approximate surface area is 184 Å². The highest BCUT2D eigenvalue weighted by Gasteiger charge is 2.36. The number of ether oxygens (including phenoxy) is 1. The van der Waals surface area contributed by atoms with Gasteiger partial charge in [-0.25, -0.2) is 0 Å². The fourth-order valence-corrected chi connectivity index (χ4v) is 4.20. The van der Waals surface area contributed by atoms with Crippen LogP contribution in [0.2, 0.25) is 0 Å². The highest BCUT2D eigenvalue weighted by molar-refractivity contribution is 5.87. The Hall–Kier alpha value is -3.30. The van der Waals surface area contributed by atoms with E-state index in [1.54, 1.807) is 15.9 Å². The number of piperazine rings is 1. The molecule has 3 heterocycles. The number of amides is 1. The van der Waals surface area contributed by atoms with Crippen LogP contribution in [-0.4, -0.2) is 60.6 Å². The van der Waals surface area contributed by atoms with Crippen LogP contribution >= 0.6 is 0 Å². The Morgan fingerprint density at radius 2 is 1.81 bits per heavy atom. The summed E-state index contributed by atoms with van der Waals surface area (Å²) in [4.78, 5) is 26.4. The first-order valence-electron chi connectivity index (χ1n) is 10.3. The third-order valence-corrected chi connectivity index (χ3v) is 5.82. The molecule has 2 aromatic rings. The second-order valence-corrected chi connectivity index (χ2v) is 7.66. The number of anilines is 2. The number of carbonyl (C=O) groups excluding carboxylic acids is 1. The molecule has 0 N–H and O–H groups in total. The minimum absolute atomic E-state index is 0.106. The standard InChI is InChI=1S/C22H24F3N5O2/c1-3-19(31)28-10-12-29(13-11-28)20-15-8-9-30(14-17(15)26-21(27-20)32-2)18-7-5-4-6-16(18)22(23,24)25/h3-7H,1,8-14H2,2H3. The Morgan fingerprint density at radius 3 is 2.47 bits per heavy atom. The van der Waals surface area contributed by atoms with Crippen molar-refractivity contribution < 1.29 is 22.7 Å². The number of hydrogen-bond acceptors (Lipinski definition) is 6. The molecule has 0 saturated carbocycles. The van der Waals surface area contributed by atoms with E-state index in [1.807, 2.05) is 0 Å². The second-order valence-electron chi connectivity index (χ2n) is 7.66. The predicted molar refractivity (Wildman–Crippen MR) is 114 cm³/mol. The molecule has 1 aromatic carbocycles. The van der Waals surface area contributed by atoms with Gasteiger partial charge in [0.1, 0.15) is 5.82 Å². The van der Waals surface area contributed by atoms with E-state index in [2.05, 4.69) is 21.4 Å². The van der Waals surface area contributed by atoms with E-state index in [1.165, 1.54) is 25.3 Å². The summed E-state index contributed by atoms with van der Waals surface area (Å²) >= 11 is 0. The van der Waals surface area contributed by atoms with E-state index in [9.17, 15) is 18.0 Å². The van der Waals surface area contributed by atoms with Crippen molar-refractivity contribution in [2.75, 3.05) is 49.6 Å². The summed E-state index contributed by atoms with van der Waals surface area (Å²) < 4.78 is 45.9. The van der Waals surface area contributed by atoms with E-state index < -0.39 is 11.7 Å². The Kier molecular flexibility index (Phi) is 5.94. The van der Waals surface area contributed by atoms with E-state index in [-0.39, 0.29) is 24.1 Å². The van der Waals surface area contributed by atoms with Gasteiger partial charge in [-0.15, -0.1) is 0 Å². The van der Waals surface area contributed by atoms with Crippen LogP contribution in [0.3, 0.4) is 0 Å². The minimum Gasteiger partial charge on any atom is -0.467 e. The van der Waals surface area contributed by atoms with Gasteiger partial charge in [-0.05, 0) is 24.6 Å². The van der Waals surface area contributed by atoms with Gasteiger partial charge in [0.15, 0.2) is 0 Å². The van der Waals surface area contributed by atoms with Gasteiger partial charge in [0, 0.05) is 44.0 Å². The number of methoxy groups -OCH3 is 1. The van der Waals surface area contributed by atoms with Crippen LogP contribution in [0, 0.1) is 0 Å². The quantitative estimate of drug-likeness (QED) is 0.672. The summed E-state index contributed by atoms with van der Waals surface area (Å²) in [5.41, 5.74) is 1.05. The van der Waals surface area contributed by atoms with Crippen molar-refractivity contribution in [3.63, 3.8) is 0 Å². The average molecular weight is 447 g/mol. The summed E-state index contributed by atoms with van der Waals surface area (Å²) in [5.74, 6) is 0.618. The van der Waals surface area contributed by atoms with E-state index in [0.29, 0.717) is 44.8 Å². The van der Waals surface area contributed by atoms with Crippen molar-refractivity contribution in [3.8, 4) is 6.01 Å². The summed E-state index contributed by atoms with van der Waals surface area (Å²) in [6, 6.07) is 5.76. The summed E-state index contributed by atoms with van der Waals surface area (Å²) in [6.07, 6.45) is -2.63. The van der Waals surface area contributed by atoms with Crippen molar-refractivity contribution in [1.29, 1.82) is 0 Å². The predicted octanol–water partition coefficient (Wildman–Crippen LogP) is 2.90. The van der Waals surface area contributed by atoms with Crippen molar-refractivity contribution in [2.24, 2.45) is 0 Å². The Morgan fingerprint density at radius 1 is 1.09 bits per heavy atom. The van der Waals surface area contributed by atoms with Crippen LogP contribution in [0.25, 0.3) is 0 Å². The van der Waals surface area contributed by atoms with Gasteiger partial charge < -0.3 is 19.4 Å². The van der Waals surface area contributed by atoms with Gasteiger partial charge in [-0.1, -0.05) is 18.7 Å².